The highest BCUT2D eigenvalue weighted by Crippen LogP contribution is 2.28. The van der Waals surface area contributed by atoms with Gasteiger partial charge in [0.15, 0.2) is 11.6 Å². The van der Waals surface area contributed by atoms with Gasteiger partial charge >= 0.3 is 0 Å². The molecule has 0 aliphatic carbocycles. The Morgan fingerprint density at radius 2 is 1.95 bits per heavy atom. The van der Waals surface area contributed by atoms with Crippen molar-refractivity contribution in [2.24, 2.45) is 5.84 Å². The van der Waals surface area contributed by atoms with Gasteiger partial charge in [-0.05, 0) is 30.9 Å². The number of hydrogen-bond donors (Lipinski definition) is 2. The van der Waals surface area contributed by atoms with Crippen LogP contribution in [0.15, 0.2) is 18.2 Å². The normalized spacial score (nSPS) is 13.3. The van der Waals surface area contributed by atoms with E-state index in [4.69, 9.17) is 15.3 Å². The summed E-state index contributed by atoms with van der Waals surface area (Å²) in [6.45, 7) is 4.08. The zero-order chi connectivity index (χ0) is 15.2. The van der Waals surface area contributed by atoms with Crippen LogP contribution >= 0.6 is 0 Å². The van der Waals surface area contributed by atoms with Crippen LogP contribution in [0.2, 0.25) is 0 Å². The summed E-state index contributed by atoms with van der Waals surface area (Å²) in [6, 6.07) is 4.95. The van der Waals surface area contributed by atoms with Crippen molar-refractivity contribution in [3.8, 4) is 5.75 Å². The number of benzene rings is 1. The molecule has 0 aliphatic rings. The van der Waals surface area contributed by atoms with Gasteiger partial charge in [-0.1, -0.05) is 26.0 Å². The minimum atomic E-state index is -0.412. The molecule has 3 N–H and O–H groups in total. The van der Waals surface area contributed by atoms with Gasteiger partial charge in [-0.3, -0.25) is 11.3 Å². The largest absolute Gasteiger partial charge is 0.494 e. The number of methoxy groups -OCH3 is 2. The van der Waals surface area contributed by atoms with Crippen molar-refractivity contribution < 1.29 is 13.9 Å². The molecule has 0 heterocycles. The Morgan fingerprint density at radius 3 is 2.40 bits per heavy atom. The molecule has 0 aliphatic heterocycles. The van der Waals surface area contributed by atoms with Crippen molar-refractivity contribution in [1.29, 1.82) is 0 Å². The second kappa shape index (κ2) is 7.57. The lowest BCUT2D eigenvalue weighted by Gasteiger charge is -2.38. The van der Waals surface area contributed by atoms with Crippen LogP contribution in [-0.2, 0) is 11.2 Å². The SMILES string of the molecule is CCC(CC)(OC)C(Cc1cccc(OC)c1F)NN. The average Bonchev–Trinajstić information content (AvgIpc) is 2.49. The highest BCUT2D eigenvalue weighted by molar-refractivity contribution is 5.32. The molecule has 20 heavy (non-hydrogen) atoms. The van der Waals surface area contributed by atoms with Crippen LogP contribution in [0.1, 0.15) is 32.3 Å². The van der Waals surface area contributed by atoms with Crippen molar-refractivity contribution in [3.05, 3.63) is 29.6 Å². The second-order valence-corrected chi connectivity index (χ2v) is 4.83. The lowest BCUT2D eigenvalue weighted by atomic mass is 9.84. The van der Waals surface area contributed by atoms with Gasteiger partial charge in [0.2, 0.25) is 0 Å². The maximum Gasteiger partial charge on any atom is 0.168 e. The summed E-state index contributed by atoms with van der Waals surface area (Å²) in [7, 11) is 3.12. The molecule has 0 radical (unpaired) electrons. The Hall–Kier alpha value is -1.17. The Morgan fingerprint density at radius 1 is 1.30 bits per heavy atom. The highest BCUT2D eigenvalue weighted by atomic mass is 19.1. The van der Waals surface area contributed by atoms with E-state index in [1.165, 1.54) is 7.11 Å². The standard InChI is InChI=1S/C15H25FN2O2/c1-5-15(6-2,20-4)13(18-17)10-11-8-7-9-12(19-3)14(11)16/h7-9,13,18H,5-6,10,17H2,1-4H3. The average molecular weight is 284 g/mol. The van der Waals surface area contributed by atoms with Crippen LogP contribution in [0.4, 0.5) is 4.39 Å². The molecule has 1 aromatic carbocycles. The van der Waals surface area contributed by atoms with Crippen molar-refractivity contribution >= 4 is 0 Å². The van der Waals surface area contributed by atoms with E-state index in [-0.39, 0.29) is 17.6 Å². The molecule has 114 valence electrons. The van der Waals surface area contributed by atoms with E-state index in [1.807, 2.05) is 13.8 Å². The molecule has 0 saturated carbocycles. The summed E-state index contributed by atoms with van der Waals surface area (Å²) in [5.74, 6) is 5.57. The summed E-state index contributed by atoms with van der Waals surface area (Å²) >= 11 is 0. The van der Waals surface area contributed by atoms with Crippen molar-refractivity contribution in [1.82, 2.24) is 5.43 Å². The fraction of sp³-hybridized carbons (Fsp3) is 0.600. The van der Waals surface area contributed by atoms with E-state index in [2.05, 4.69) is 5.43 Å². The third-order valence-corrected chi connectivity index (χ3v) is 4.13. The molecule has 1 aromatic rings. The first-order valence-corrected chi connectivity index (χ1v) is 6.91. The van der Waals surface area contributed by atoms with E-state index in [0.717, 1.165) is 12.8 Å². The quantitative estimate of drug-likeness (QED) is 0.568. The first-order valence-electron chi connectivity index (χ1n) is 6.91. The van der Waals surface area contributed by atoms with E-state index < -0.39 is 5.60 Å². The molecule has 1 atom stereocenters. The topological polar surface area (TPSA) is 56.5 Å². The predicted molar refractivity (Wildman–Crippen MR) is 78.1 cm³/mol. The first kappa shape index (κ1) is 16.9. The zero-order valence-corrected chi connectivity index (χ0v) is 12.7. The van der Waals surface area contributed by atoms with Crippen LogP contribution in [0.25, 0.3) is 0 Å². The van der Waals surface area contributed by atoms with Gasteiger partial charge < -0.3 is 9.47 Å². The van der Waals surface area contributed by atoms with Gasteiger partial charge in [0.05, 0.1) is 18.8 Å². The highest BCUT2D eigenvalue weighted by Gasteiger charge is 2.35. The summed E-state index contributed by atoms with van der Waals surface area (Å²) < 4.78 is 24.9. The molecule has 0 amide bonds. The molecule has 0 fully saturated rings. The molecule has 0 aromatic heterocycles. The lowest BCUT2D eigenvalue weighted by molar-refractivity contribution is -0.0474. The monoisotopic (exact) mass is 284 g/mol. The number of halogens is 1. The van der Waals surface area contributed by atoms with Crippen LogP contribution in [0.3, 0.4) is 0 Å². The maximum atomic E-state index is 14.2. The van der Waals surface area contributed by atoms with Gasteiger partial charge in [-0.15, -0.1) is 0 Å². The second-order valence-electron chi connectivity index (χ2n) is 4.83. The number of hydrogen-bond acceptors (Lipinski definition) is 4. The Labute approximate surface area is 120 Å². The molecule has 0 bridgehead atoms. The summed E-state index contributed by atoms with van der Waals surface area (Å²) in [5, 5.41) is 0. The molecule has 4 nitrogen and oxygen atoms in total. The van der Waals surface area contributed by atoms with E-state index in [9.17, 15) is 4.39 Å². The molecular formula is C15H25FN2O2. The summed E-state index contributed by atoms with van der Waals surface area (Å²) in [4.78, 5) is 0. The van der Waals surface area contributed by atoms with Gasteiger partial charge in [0, 0.05) is 7.11 Å². The smallest absolute Gasteiger partial charge is 0.168 e. The minimum Gasteiger partial charge on any atom is -0.494 e. The Balaban J connectivity index is 3.05. The third kappa shape index (κ3) is 3.29. The molecule has 0 spiro atoms. The van der Waals surface area contributed by atoms with Gasteiger partial charge in [-0.25, -0.2) is 4.39 Å². The van der Waals surface area contributed by atoms with Gasteiger partial charge in [0.25, 0.3) is 0 Å². The number of nitrogens with two attached hydrogens (primary N) is 1. The minimum absolute atomic E-state index is 0.177. The molecule has 1 unspecified atom stereocenters. The summed E-state index contributed by atoms with van der Waals surface area (Å²) in [5.41, 5.74) is 2.93. The zero-order valence-electron chi connectivity index (χ0n) is 12.7. The molecule has 5 heteroatoms. The van der Waals surface area contributed by atoms with Crippen molar-refractivity contribution in [2.75, 3.05) is 14.2 Å². The van der Waals surface area contributed by atoms with Crippen LogP contribution in [0.5, 0.6) is 5.75 Å². The molecular weight excluding hydrogens is 259 g/mol. The number of nitrogens with one attached hydrogen (secondary N) is 1. The first-order chi connectivity index (χ1) is 9.58. The van der Waals surface area contributed by atoms with Crippen LogP contribution < -0.4 is 16.0 Å². The van der Waals surface area contributed by atoms with Crippen molar-refractivity contribution in [2.45, 2.75) is 44.8 Å². The number of rotatable bonds is 8. The van der Waals surface area contributed by atoms with Crippen LogP contribution in [-0.4, -0.2) is 25.9 Å². The summed E-state index contributed by atoms with van der Waals surface area (Å²) in [6.07, 6.45) is 2.02. The predicted octanol–water partition coefficient (Wildman–Crippen LogP) is 2.41. The fourth-order valence-electron chi connectivity index (χ4n) is 2.66. The van der Waals surface area contributed by atoms with E-state index >= 15 is 0 Å². The van der Waals surface area contributed by atoms with Crippen molar-refractivity contribution in [3.63, 3.8) is 0 Å². The van der Waals surface area contributed by atoms with Gasteiger partial charge in [0.1, 0.15) is 0 Å². The number of hydrazine groups is 1. The Bertz CT molecular complexity index is 414. The van der Waals surface area contributed by atoms with Gasteiger partial charge in [-0.2, -0.15) is 0 Å². The van der Waals surface area contributed by atoms with E-state index in [0.29, 0.717) is 12.0 Å². The van der Waals surface area contributed by atoms with Crippen LogP contribution in [0, 0.1) is 5.82 Å². The maximum absolute atomic E-state index is 14.2. The fourth-order valence-corrected chi connectivity index (χ4v) is 2.66. The number of ether oxygens (including phenoxy) is 2. The third-order valence-electron chi connectivity index (χ3n) is 4.13. The lowest BCUT2D eigenvalue weighted by Crippen LogP contribution is -2.55. The van der Waals surface area contributed by atoms with E-state index in [1.54, 1.807) is 25.3 Å². The molecule has 0 saturated heterocycles. The Kier molecular flexibility index (Phi) is 6.39. The molecule has 1 rings (SSSR count).